The second-order valence-electron chi connectivity index (χ2n) is 6.88. The van der Waals surface area contributed by atoms with E-state index in [1.165, 1.54) is 6.42 Å². The lowest BCUT2D eigenvalue weighted by atomic mass is 9.74. The highest BCUT2D eigenvalue weighted by Crippen LogP contribution is 2.48. The van der Waals surface area contributed by atoms with Gasteiger partial charge >= 0.3 is 5.97 Å². The van der Waals surface area contributed by atoms with Gasteiger partial charge in [-0.15, -0.1) is 0 Å². The predicted molar refractivity (Wildman–Crippen MR) is 97.4 cm³/mol. The minimum Gasteiger partial charge on any atom is -0.461 e. The standard InChI is InChI=1S/C21H22O3.2FH/c1-21(20(22)23-15-9-3-2-4-10-15)16-11-5-7-13-18(16)24-19-14-8-6-12-17(19)21;;/h5-8,11-15H,2-4,9-10H2,1H3;2*1H. The van der Waals surface area contributed by atoms with Crippen molar-refractivity contribution in [2.24, 2.45) is 0 Å². The highest BCUT2D eigenvalue weighted by atomic mass is 19.0. The van der Waals surface area contributed by atoms with Gasteiger partial charge in [0.2, 0.25) is 0 Å². The molecule has 0 N–H and O–H groups in total. The number of carbonyl (C=O) groups is 1. The monoisotopic (exact) mass is 362 g/mol. The quantitative estimate of drug-likeness (QED) is 0.682. The third kappa shape index (κ3) is 3.18. The summed E-state index contributed by atoms with van der Waals surface area (Å²) in [5, 5.41) is 0. The van der Waals surface area contributed by atoms with Crippen molar-refractivity contribution in [3.8, 4) is 11.5 Å². The number of carbonyl (C=O) groups excluding carboxylic acids is 1. The first-order chi connectivity index (χ1) is 11.7. The number of rotatable bonds is 2. The maximum absolute atomic E-state index is 13.2. The van der Waals surface area contributed by atoms with Crippen LogP contribution in [0.5, 0.6) is 11.5 Å². The second kappa shape index (κ2) is 7.85. The normalized spacial score (nSPS) is 17.4. The molecule has 0 radical (unpaired) electrons. The summed E-state index contributed by atoms with van der Waals surface area (Å²) in [6.45, 7) is 1.96. The van der Waals surface area contributed by atoms with Gasteiger partial charge in [-0.3, -0.25) is 14.2 Å². The van der Waals surface area contributed by atoms with Crippen molar-refractivity contribution in [1.29, 1.82) is 0 Å². The Labute approximate surface area is 152 Å². The van der Waals surface area contributed by atoms with Crippen molar-refractivity contribution in [2.75, 3.05) is 0 Å². The summed E-state index contributed by atoms with van der Waals surface area (Å²) in [4.78, 5) is 13.2. The third-order valence-electron chi connectivity index (χ3n) is 5.31. The lowest BCUT2D eigenvalue weighted by Gasteiger charge is -2.36. The van der Waals surface area contributed by atoms with Crippen LogP contribution in [0.4, 0.5) is 9.41 Å². The summed E-state index contributed by atoms with van der Waals surface area (Å²) < 4.78 is 12.0. The largest absolute Gasteiger partial charge is 0.461 e. The molecule has 1 aliphatic carbocycles. The van der Waals surface area contributed by atoms with Crippen molar-refractivity contribution in [1.82, 2.24) is 0 Å². The molecular weight excluding hydrogens is 338 g/mol. The van der Waals surface area contributed by atoms with Gasteiger partial charge in [-0.2, -0.15) is 0 Å². The minimum atomic E-state index is -0.830. The molecule has 1 aliphatic heterocycles. The van der Waals surface area contributed by atoms with Crippen molar-refractivity contribution in [2.45, 2.75) is 50.5 Å². The molecular formula is C21H24F2O3. The van der Waals surface area contributed by atoms with E-state index in [1.807, 2.05) is 55.5 Å². The molecule has 2 aliphatic rings. The summed E-state index contributed by atoms with van der Waals surface area (Å²) in [7, 11) is 0. The molecule has 0 bridgehead atoms. The van der Waals surface area contributed by atoms with E-state index in [0.717, 1.165) is 48.3 Å². The number of ether oxygens (including phenoxy) is 2. The first-order valence-electron chi connectivity index (χ1n) is 8.77. The zero-order valence-electron chi connectivity index (χ0n) is 14.8. The van der Waals surface area contributed by atoms with Crippen molar-refractivity contribution >= 4 is 5.97 Å². The van der Waals surface area contributed by atoms with E-state index in [0.29, 0.717) is 0 Å². The van der Waals surface area contributed by atoms with Crippen LogP contribution in [-0.4, -0.2) is 12.1 Å². The Morgan fingerprint density at radius 2 is 1.42 bits per heavy atom. The van der Waals surface area contributed by atoms with Gasteiger partial charge in [-0.1, -0.05) is 42.8 Å². The van der Waals surface area contributed by atoms with E-state index in [2.05, 4.69) is 0 Å². The van der Waals surface area contributed by atoms with E-state index in [9.17, 15) is 4.79 Å². The van der Waals surface area contributed by atoms with Crippen LogP contribution in [0, 0.1) is 0 Å². The predicted octanol–water partition coefficient (Wildman–Crippen LogP) is 5.28. The molecule has 5 heteroatoms. The first kappa shape index (κ1) is 19.9. The zero-order valence-corrected chi connectivity index (χ0v) is 14.8. The topological polar surface area (TPSA) is 35.5 Å². The number of para-hydroxylation sites is 2. The third-order valence-corrected chi connectivity index (χ3v) is 5.31. The summed E-state index contributed by atoms with van der Waals surface area (Å²) in [5.74, 6) is 1.30. The second-order valence-corrected chi connectivity index (χ2v) is 6.88. The fraction of sp³-hybridized carbons (Fsp3) is 0.381. The molecule has 2 aromatic carbocycles. The van der Waals surface area contributed by atoms with E-state index < -0.39 is 5.41 Å². The van der Waals surface area contributed by atoms with Crippen molar-refractivity contribution in [3.63, 3.8) is 0 Å². The average Bonchev–Trinajstić information content (AvgIpc) is 2.63. The van der Waals surface area contributed by atoms with E-state index >= 15 is 0 Å². The van der Waals surface area contributed by atoms with Gasteiger partial charge in [-0.25, -0.2) is 0 Å². The number of fused-ring (bicyclic) bond motifs is 2. The first-order valence-corrected chi connectivity index (χ1v) is 8.77. The fourth-order valence-electron chi connectivity index (χ4n) is 3.87. The van der Waals surface area contributed by atoms with Gasteiger partial charge in [0, 0.05) is 11.1 Å². The molecule has 1 fully saturated rings. The Balaban J connectivity index is 0.00000121. The van der Waals surface area contributed by atoms with Crippen LogP contribution < -0.4 is 4.74 Å². The molecule has 0 amide bonds. The molecule has 140 valence electrons. The smallest absolute Gasteiger partial charge is 0.321 e. The molecule has 4 rings (SSSR count). The molecule has 0 saturated heterocycles. The van der Waals surface area contributed by atoms with Crippen LogP contribution in [0.3, 0.4) is 0 Å². The van der Waals surface area contributed by atoms with Crippen LogP contribution in [0.15, 0.2) is 48.5 Å². The number of esters is 1. The molecule has 3 nitrogen and oxygen atoms in total. The van der Waals surface area contributed by atoms with Crippen LogP contribution in [-0.2, 0) is 14.9 Å². The molecule has 26 heavy (non-hydrogen) atoms. The Hall–Kier alpha value is -2.43. The highest BCUT2D eigenvalue weighted by molar-refractivity contribution is 5.90. The van der Waals surface area contributed by atoms with Gasteiger partial charge in [0.05, 0.1) is 0 Å². The molecule has 1 heterocycles. The summed E-state index contributed by atoms with van der Waals surface area (Å²) in [6, 6.07) is 15.5. The van der Waals surface area contributed by atoms with Crippen molar-refractivity contribution in [3.05, 3.63) is 59.7 Å². The maximum Gasteiger partial charge on any atom is 0.321 e. The highest BCUT2D eigenvalue weighted by Gasteiger charge is 2.46. The van der Waals surface area contributed by atoms with Gasteiger partial charge in [0.1, 0.15) is 23.0 Å². The lowest BCUT2D eigenvalue weighted by Crippen LogP contribution is -2.40. The summed E-state index contributed by atoms with van der Waals surface area (Å²) in [6.07, 6.45) is 5.52. The fourth-order valence-corrected chi connectivity index (χ4v) is 3.87. The number of hydrogen-bond acceptors (Lipinski definition) is 3. The molecule has 0 atom stereocenters. The van der Waals surface area contributed by atoms with Gasteiger partial charge < -0.3 is 9.47 Å². The van der Waals surface area contributed by atoms with Gasteiger partial charge in [-0.05, 0) is 44.7 Å². The van der Waals surface area contributed by atoms with E-state index in [1.54, 1.807) is 0 Å². The van der Waals surface area contributed by atoms with E-state index in [4.69, 9.17) is 9.47 Å². The van der Waals surface area contributed by atoms with Crippen LogP contribution in [0.1, 0.15) is 50.2 Å². The lowest BCUT2D eigenvalue weighted by molar-refractivity contribution is -0.155. The Morgan fingerprint density at radius 3 is 1.96 bits per heavy atom. The maximum atomic E-state index is 13.2. The van der Waals surface area contributed by atoms with Gasteiger partial charge in [0.25, 0.3) is 0 Å². The Morgan fingerprint density at radius 1 is 0.923 bits per heavy atom. The number of halogens is 2. The van der Waals surface area contributed by atoms with Crippen LogP contribution in [0.2, 0.25) is 0 Å². The zero-order chi connectivity index (χ0) is 16.6. The SMILES string of the molecule is CC1(C(=O)OC2CCCCC2)c2ccccc2Oc2ccccc21.F.F. The van der Waals surface area contributed by atoms with E-state index in [-0.39, 0.29) is 21.5 Å². The molecule has 0 unspecified atom stereocenters. The van der Waals surface area contributed by atoms with Crippen molar-refractivity contribution < 1.29 is 23.7 Å². The molecule has 2 aromatic rings. The average molecular weight is 362 g/mol. The number of hydrogen-bond donors (Lipinski definition) is 0. The Kier molecular flexibility index (Phi) is 6.01. The summed E-state index contributed by atoms with van der Waals surface area (Å²) in [5.41, 5.74) is 0.928. The Bertz CT molecular complexity index is 724. The van der Waals surface area contributed by atoms with Gasteiger partial charge in [0.15, 0.2) is 0 Å². The molecule has 1 saturated carbocycles. The summed E-state index contributed by atoms with van der Waals surface area (Å²) >= 11 is 0. The molecule has 0 aromatic heterocycles. The minimum absolute atomic E-state index is 0. The number of benzene rings is 2. The van der Waals surface area contributed by atoms with Crippen LogP contribution in [0.25, 0.3) is 0 Å². The molecule has 0 spiro atoms. The van der Waals surface area contributed by atoms with Crippen LogP contribution >= 0.6 is 0 Å².